The topological polar surface area (TPSA) is 141 Å². The van der Waals surface area contributed by atoms with Gasteiger partial charge in [-0.25, -0.2) is 30.3 Å². The van der Waals surface area contributed by atoms with Gasteiger partial charge in [0.15, 0.2) is 24.4 Å². The molecule has 3 aliphatic heterocycles. The fourth-order valence-corrected chi connectivity index (χ4v) is 3.74. The quantitative estimate of drug-likeness (QED) is 0.543. The second-order valence-electron chi connectivity index (χ2n) is 4.25. The molecule has 6 unspecified atom stereocenters. The highest BCUT2D eigenvalue weighted by Crippen LogP contribution is 2.36. The molecule has 22 heavy (non-hydrogen) atoms. The molecule has 0 radical (unpaired) electrons. The van der Waals surface area contributed by atoms with Gasteiger partial charge < -0.3 is 9.47 Å². The molecule has 0 amide bonds. The van der Waals surface area contributed by atoms with Crippen molar-refractivity contribution in [2.24, 2.45) is 0 Å². The third-order valence-electron chi connectivity index (χ3n) is 2.83. The van der Waals surface area contributed by atoms with Gasteiger partial charge in [-0.3, -0.25) is 0 Å². The monoisotopic (exact) mass is 368 g/mol. The third-order valence-corrected chi connectivity index (χ3v) is 4.59. The molecule has 0 spiro atoms. The minimum Gasteiger partial charge on any atom is -0.424 e. The number of halogens is 2. The SMILES string of the molecule is O=C1OC(C2OS(=O)(=O)OC2F)C(C2OS(=O)(=O)OC2F)O1. The summed E-state index contributed by atoms with van der Waals surface area (Å²) >= 11 is 0. The van der Waals surface area contributed by atoms with Crippen molar-refractivity contribution < 1.29 is 56.6 Å². The van der Waals surface area contributed by atoms with Gasteiger partial charge in [0.1, 0.15) is 0 Å². The fourth-order valence-electron chi connectivity index (χ4n) is 2.04. The molecular formula is C7H6F2O11S2. The molecule has 0 N–H and O–H groups in total. The predicted octanol–water partition coefficient (Wildman–Crippen LogP) is -1.20. The zero-order chi connectivity index (χ0) is 16.3. The zero-order valence-corrected chi connectivity index (χ0v) is 11.7. The largest absolute Gasteiger partial charge is 0.509 e. The number of cyclic esters (lactones) is 2. The van der Waals surface area contributed by atoms with Crippen molar-refractivity contribution in [3.8, 4) is 0 Å². The molecule has 3 rings (SSSR count). The molecule has 11 nitrogen and oxygen atoms in total. The maximum Gasteiger partial charge on any atom is 0.509 e. The van der Waals surface area contributed by atoms with E-state index in [0.29, 0.717) is 0 Å². The molecule has 0 aromatic heterocycles. The van der Waals surface area contributed by atoms with Crippen LogP contribution in [0.1, 0.15) is 0 Å². The first-order chi connectivity index (χ1) is 10.1. The molecule has 0 bridgehead atoms. The minimum absolute atomic E-state index is 1.44. The van der Waals surface area contributed by atoms with Crippen molar-refractivity contribution in [3.63, 3.8) is 0 Å². The normalized spacial score (nSPS) is 46.4. The van der Waals surface area contributed by atoms with Crippen LogP contribution in [0.3, 0.4) is 0 Å². The van der Waals surface area contributed by atoms with Gasteiger partial charge in [0, 0.05) is 0 Å². The first-order valence-electron chi connectivity index (χ1n) is 5.46. The number of alkyl halides is 2. The lowest BCUT2D eigenvalue weighted by atomic mass is 10.0. The third kappa shape index (κ3) is 2.74. The highest BCUT2D eigenvalue weighted by atomic mass is 32.3. The van der Waals surface area contributed by atoms with Crippen LogP contribution in [0.2, 0.25) is 0 Å². The summed E-state index contributed by atoms with van der Waals surface area (Å²) in [5.74, 6) is 0. The van der Waals surface area contributed by atoms with Crippen molar-refractivity contribution in [2.75, 3.05) is 0 Å². The lowest BCUT2D eigenvalue weighted by Gasteiger charge is -2.22. The Labute approximate surface area is 121 Å². The van der Waals surface area contributed by atoms with Gasteiger partial charge in [0.05, 0.1) is 0 Å². The summed E-state index contributed by atoms with van der Waals surface area (Å²) < 4.78 is 96.1. The van der Waals surface area contributed by atoms with Crippen molar-refractivity contribution >= 4 is 27.0 Å². The van der Waals surface area contributed by atoms with Crippen molar-refractivity contribution in [1.82, 2.24) is 0 Å². The predicted molar refractivity (Wildman–Crippen MR) is 54.7 cm³/mol. The van der Waals surface area contributed by atoms with Gasteiger partial charge >= 0.3 is 27.0 Å². The van der Waals surface area contributed by atoms with Crippen LogP contribution in [0.4, 0.5) is 13.6 Å². The molecule has 3 heterocycles. The Morgan fingerprint density at radius 3 is 1.32 bits per heavy atom. The van der Waals surface area contributed by atoms with Gasteiger partial charge in [0.25, 0.3) is 0 Å². The van der Waals surface area contributed by atoms with E-state index in [-0.39, 0.29) is 0 Å². The summed E-state index contributed by atoms with van der Waals surface area (Å²) in [6.45, 7) is 0. The number of carbonyl (C=O) groups is 1. The van der Waals surface area contributed by atoms with Crippen LogP contribution in [-0.4, -0.2) is 60.1 Å². The molecule has 126 valence electrons. The Hall–Kier alpha value is -1.13. The molecule has 0 saturated carbocycles. The molecule has 0 aromatic carbocycles. The summed E-state index contributed by atoms with van der Waals surface area (Å²) in [5.41, 5.74) is 0. The van der Waals surface area contributed by atoms with E-state index in [1.807, 2.05) is 0 Å². The van der Waals surface area contributed by atoms with E-state index in [0.717, 1.165) is 0 Å². The van der Waals surface area contributed by atoms with E-state index in [2.05, 4.69) is 26.2 Å². The Kier molecular flexibility index (Phi) is 3.53. The summed E-state index contributed by atoms with van der Waals surface area (Å²) in [5, 5.41) is 0. The number of carbonyl (C=O) groups excluding carboxylic acids is 1. The number of hydrogen-bond acceptors (Lipinski definition) is 11. The average Bonchev–Trinajstić information content (AvgIpc) is 2.93. The fraction of sp³-hybridized carbons (Fsp3) is 0.857. The van der Waals surface area contributed by atoms with E-state index in [1.54, 1.807) is 0 Å². The maximum atomic E-state index is 13.5. The Morgan fingerprint density at radius 1 is 0.682 bits per heavy atom. The second-order valence-corrected chi connectivity index (χ2v) is 6.65. The Morgan fingerprint density at radius 2 is 1.05 bits per heavy atom. The van der Waals surface area contributed by atoms with Crippen LogP contribution in [-0.2, 0) is 47.0 Å². The van der Waals surface area contributed by atoms with Crippen LogP contribution >= 0.6 is 0 Å². The van der Waals surface area contributed by atoms with Crippen LogP contribution < -0.4 is 0 Å². The number of rotatable bonds is 2. The van der Waals surface area contributed by atoms with E-state index < -0.39 is 64.1 Å². The molecule has 3 aliphatic rings. The van der Waals surface area contributed by atoms with E-state index >= 15 is 0 Å². The summed E-state index contributed by atoms with van der Waals surface area (Å²) in [6.07, 6.45) is -14.3. The standard InChI is InChI=1S/C7H6F2O11S2/c8-5-3(17-21(11,12)19-5)1-2(16-7(10)15-1)4-6(9)20-22(13,14)18-4/h1-6H. The second kappa shape index (κ2) is 4.93. The van der Waals surface area contributed by atoms with Crippen molar-refractivity contribution in [2.45, 2.75) is 37.1 Å². The smallest absolute Gasteiger partial charge is 0.424 e. The molecule has 6 atom stereocenters. The first-order valence-corrected chi connectivity index (χ1v) is 8.13. The van der Waals surface area contributed by atoms with Crippen LogP contribution in [0.15, 0.2) is 0 Å². The summed E-state index contributed by atoms with van der Waals surface area (Å²) in [4.78, 5) is 11.1. The van der Waals surface area contributed by atoms with Gasteiger partial charge in [-0.1, -0.05) is 0 Å². The average molecular weight is 368 g/mol. The molecule has 0 aromatic rings. The van der Waals surface area contributed by atoms with Crippen LogP contribution in [0.25, 0.3) is 0 Å². The van der Waals surface area contributed by atoms with Crippen LogP contribution in [0, 0.1) is 0 Å². The van der Waals surface area contributed by atoms with E-state index in [1.165, 1.54) is 0 Å². The lowest BCUT2D eigenvalue weighted by Crippen LogP contribution is -2.47. The lowest BCUT2D eigenvalue weighted by molar-refractivity contribution is -0.0788. The number of hydrogen-bond donors (Lipinski definition) is 0. The Balaban J connectivity index is 1.86. The molecule has 3 saturated heterocycles. The zero-order valence-electron chi connectivity index (χ0n) is 10.0. The summed E-state index contributed by atoms with van der Waals surface area (Å²) in [7, 11) is -9.38. The van der Waals surface area contributed by atoms with Crippen molar-refractivity contribution in [1.29, 1.82) is 0 Å². The highest BCUT2D eigenvalue weighted by molar-refractivity contribution is 7.82. The van der Waals surface area contributed by atoms with Gasteiger partial charge in [0.2, 0.25) is 12.7 Å². The minimum atomic E-state index is -4.69. The van der Waals surface area contributed by atoms with E-state index in [9.17, 15) is 30.4 Å². The van der Waals surface area contributed by atoms with Crippen LogP contribution in [0.5, 0.6) is 0 Å². The van der Waals surface area contributed by atoms with E-state index in [4.69, 9.17) is 0 Å². The Bertz CT molecular complexity index is 631. The molecular weight excluding hydrogens is 362 g/mol. The maximum absolute atomic E-state index is 13.5. The van der Waals surface area contributed by atoms with Gasteiger partial charge in [-0.15, -0.1) is 0 Å². The highest BCUT2D eigenvalue weighted by Gasteiger charge is 2.60. The number of ether oxygens (including phenoxy) is 2. The molecule has 3 fully saturated rings. The van der Waals surface area contributed by atoms with Gasteiger partial charge in [-0.05, 0) is 0 Å². The molecule has 0 aliphatic carbocycles. The van der Waals surface area contributed by atoms with Crippen molar-refractivity contribution in [3.05, 3.63) is 0 Å². The summed E-state index contributed by atoms with van der Waals surface area (Å²) in [6, 6.07) is 0. The first kappa shape index (κ1) is 15.8. The molecule has 15 heteroatoms. The van der Waals surface area contributed by atoms with Gasteiger partial charge in [-0.2, -0.15) is 16.8 Å².